The number of carbonyl (C=O) groups is 1. The summed E-state index contributed by atoms with van der Waals surface area (Å²) < 4.78 is 15.7. The summed E-state index contributed by atoms with van der Waals surface area (Å²) in [6, 6.07) is 12.2. The fourth-order valence-electron chi connectivity index (χ4n) is 2.35. The molecule has 0 bridgehead atoms. The van der Waals surface area contributed by atoms with Gasteiger partial charge in [0.25, 0.3) is 5.76 Å². The van der Waals surface area contributed by atoms with E-state index >= 15 is 0 Å². The highest BCUT2D eigenvalue weighted by atomic mass is 35.5. The Morgan fingerprint density at radius 2 is 1.93 bits per heavy atom. The fraction of sp³-hybridized carbons (Fsp3) is 0.176. The van der Waals surface area contributed by atoms with Gasteiger partial charge < -0.3 is 13.7 Å². The second-order valence-electron chi connectivity index (χ2n) is 5.28. The van der Waals surface area contributed by atoms with E-state index in [0.717, 1.165) is 0 Å². The monoisotopic (exact) mass is 394 g/mol. The zero-order chi connectivity index (χ0) is 19.2. The SMILES string of the molecule is O=C(OCCCON(O)O)c1onc(-c2ccc(Cl)o2)c1-c1ccccc1. The van der Waals surface area contributed by atoms with Crippen molar-refractivity contribution in [2.45, 2.75) is 6.42 Å². The number of furan rings is 1. The molecule has 0 unspecified atom stereocenters. The number of benzene rings is 1. The Hall–Kier alpha value is -2.69. The second kappa shape index (κ2) is 8.80. The molecule has 0 saturated heterocycles. The Morgan fingerprint density at radius 3 is 2.59 bits per heavy atom. The molecule has 27 heavy (non-hydrogen) atoms. The van der Waals surface area contributed by atoms with Crippen LogP contribution in [0.1, 0.15) is 17.0 Å². The van der Waals surface area contributed by atoms with Crippen LogP contribution >= 0.6 is 11.6 Å². The highest BCUT2D eigenvalue weighted by molar-refractivity contribution is 6.29. The van der Waals surface area contributed by atoms with Gasteiger partial charge in [-0.05, 0) is 29.3 Å². The van der Waals surface area contributed by atoms with Gasteiger partial charge in [-0.1, -0.05) is 35.5 Å². The zero-order valence-electron chi connectivity index (χ0n) is 13.9. The van der Waals surface area contributed by atoms with Crippen molar-refractivity contribution in [3.8, 4) is 22.6 Å². The van der Waals surface area contributed by atoms with Crippen molar-refractivity contribution in [1.82, 2.24) is 10.5 Å². The maximum Gasteiger partial charge on any atom is 0.377 e. The number of hydrogen-bond donors (Lipinski definition) is 2. The summed E-state index contributed by atoms with van der Waals surface area (Å²) in [6.07, 6.45) is 0.235. The van der Waals surface area contributed by atoms with Crippen molar-refractivity contribution in [3.63, 3.8) is 0 Å². The molecule has 0 aliphatic rings. The lowest BCUT2D eigenvalue weighted by molar-refractivity contribution is -0.492. The lowest BCUT2D eigenvalue weighted by Gasteiger charge is -2.07. The molecule has 0 aliphatic carbocycles. The molecular weight excluding hydrogens is 380 g/mol. The van der Waals surface area contributed by atoms with E-state index in [-0.39, 0.29) is 30.6 Å². The first kappa shape index (κ1) is 19.1. The molecule has 2 heterocycles. The molecule has 0 amide bonds. The first-order chi connectivity index (χ1) is 13.1. The molecule has 0 aliphatic heterocycles. The standard InChI is InChI=1S/C17H15ClN2O7/c18-13-8-7-12(26-13)15-14(11-5-2-1-3-6-11)16(27-19-15)17(21)24-9-4-10-25-20(22)23/h1-3,5-8,22-23H,4,9-10H2. The quantitative estimate of drug-likeness (QED) is 0.334. The lowest BCUT2D eigenvalue weighted by Crippen LogP contribution is -2.16. The van der Waals surface area contributed by atoms with Crippen LogP contribution in [0.15, 0.2) is 51.4 Å². The van der Waals surface area contributed by atoms with Gasteiger partial charge in [0.05, 0.1) is 24.2 Å². The average Bonchev–Trinajstić information content (AvgIpc) is 3.28. The van der Waals surface area contributed by atoms with Crippen molar-refractivity contribution in [2.24, 2.45) is 0 Å². The van der Waals surface area contributed by atoms with Crippen LogP contribution in [0.5, 0.6) is 0 Å². The molecule has 0 saturated carbocycles. The molecule has 10 heteroatoms. The Morgan fingerprint density at radius 1 is 1.15 bits per heavy atom. The summed E-state index contributed by atoms with van der Waals surface area (Å²) in [5, 5.41) is 20.6. The van der Waals surface area contributed by atoms with E-state index in [1.54, 1.807) is 24.3 Å². The molecule has 9 nitrogen and oxygen atoms in total. The smallest absolute Gasteiger partial charge is 0.377 e. The van der Waals surface area contributed by atoms with E-state index in [1.165, 1.54) is 0 Å². The highest BCUT2D eigenvalue weighted by Gasteiger charge is 2.27. The van der Waals surface area contributed by atoms with Gasteiger partial charge in [-0.3, -0.25) is 15.3 Å². The Balaban J connectivity index is 1.83. The van der Waals surface area contributed by atoms with Crippen LogP contribution in [-0.2, 0) is 9.57 Å². The fourth-order valence-corrected chi connectivity index (χ4v) is 2.49. The molecule has 2 aromatic heterocycles. The molecule has 3 aromatic rings. The first-order valence-electron chi connectivity index (χ1n) is 7.85. The zero-order valence-corrected chi connectivity index (χ0v) is 14.6. The Bertz CT molecular complexity index is 892. The maximum atomic E-state index is 12.4. The van der Waals surface area contributed by atoms with E-state index in [4.69, 9.17) is 35.7 Å². The maximum absolute atomic E-state index is 12.4. The molecule has 2 N–H and O–H groups in total. The molecular formula is C17H15ClN2O7. The van der Waals surface area contributed by atoms with Crippen molar-refractivity contribution < 1.29 is 33.7 Å². The third kappa shape index (κ3) is 4.73. The number of rotatable bonds is 8. The molecule has 0 fully saturated rings. The summed E-state index contributed by atoms with van der Waals surface area (Å²) >= 11 is 5.83. The Labute approximate surface area is 158 Å². The van der Waals surface area contributed by atoms with E-state index < -0.39 is 11.4 Å². The minimum atomic E-state index is -0.727. The predicted molar refractivity (Wildman–Crippen MR) is 90.9 cm³/mol. The average molecular weight is 395 g/mol. The van der Waals surface area contributed by atoms with Crippen molar-refractivity contribution in [3.05, 3.63) is 53.4 Å². The number of halogens is 1. The van der Waals surface area contributed by atoms with Gasteiger partial charge in [0.2, 0.25) is 0 Å². The summed E-state index contributed by atoms with van der Waals surface area (Å²) in [5.41, 5.74) is 1.42. The normalized spacial score (nSPS) is 11.1. The van der Waals surface area contributed by atoms with Crippen LogP contribution < -0.4 is 0 Å². The van der Waals surface area contributed by atoms with Gasteiger partial charge in [-0.15, -0.1) is 0 Å². The van der Waals surface area contributed by atoms with Crippen LogP contribution in [0.2, 0.25) is 5.22 Å². The van der Waals surface area contributed by atoms with Crippen LogP contribution in [0, 0.1) is 0 Å². The summed E-state index contributed by atoms with van der Waals surface area (Å²) in [7, 11) is 0. The molecule has 1 aromatic carbocycles. The summed E-state index contributed by atoms with van der Waals surface area (Å²) in [5.74, 6) is -0.466. The largest absolute Gasteiger partial charge is 0.460 e. The minimum Gasteiger partial charge on any atom is -0.460 e. The number of ether oxygens (including phenoxy) is 1. The molecule has 3 rings (SSSR count). The highest BCUT2D eigenvalue weighted by Crippen LogP contribution is 2.36. The van der Waals surface area contributed by atoms with Gasteiger partial charge in [0.15, 0.2) is 16.7 Å². The molecule has 0 radical (unpaired) electrons. The number of aromatic nitrogens is 1. The third-order valence-corrected chi connectivity index (χ3v) is 3.68. The topological polar surface area (TPSA) is 118 Å². The van der Waals surface area contributed by atoms with Gasteiger partial charge >= 0.3 is 5.97 Å². The molecule has 0 atom stereocenters. The minimum absolute atomic E-state index is 0.0243. The van der Waals surface area contributed by atoms with Crippen molar-refractivity contribution >= 4 is 17.6 Å². The Kier molecular flexibility index (Phi) is 6.22. The molecule has 142 valence electrons. The number of hydrogen-bond acceptors (Lipinski definition) is 9. The van der Waals surface area contributed by atoms with Gasteiger partial charge in [0.1, 0.15) is 0 Å². The predicted octanol–water partition coefficient (Wildman–Crippen LogP) is 3.81. The number of carbonyl (C=O) groups excluding carboxylic acids is 1. The van der Waals surface area contributed by atoms with E-state index in [9.17, 15) is 4.79 Å². The van der Waals surface area contributed by atoms with Crippen LogP contribution in [0.25, 0.3) is 22.6 Å². The summed E-state index contributed by atoms with van der Waals surface area (Å²) in [4.78, 5) is 16.8. The van der Waals surface area contributed by atoms with Gasteiger partial charge in [-0.25, -0.2) is 4.79 Å². The number of nitrogens with zero attached hydrogens (tertiary/aromatic N) is 2. The van der Waals surface area contributed by atoms with Crippen LogP contribution in [0.4, 0.5) is 0 Å². The van der Waals surface area contributed by atoms with Crippen LogP contribution in [-0.4, -0.2) is 40.1 Å². The first-order valence-corrected chi connectivity index (χ1v) is 8.23. The second-order valence-corrected chi connectivity index (χ2v) is 5.65. The van der Waals surface area contributed by atoms with Crippen molar-refractivity contribution in [2.75, 3.05) is 13.2 Å². The van der Waals surface area contributed by atoms with E-state index in [2.05, 4.69) is 9.99 Å². The van der Waals surface area contributed by atoms with E-state index in [1.807, 2.05) is 18.2 Å². The van der Waals surface area contributed by atoms with Gasteiger partial charge in [0, 0.05) is 6.42 Å². The number of esters is 1. The van der Waals surface area contributed by atoms with E-state index in [0.29, 0.717) is 22.6 Å². The van der Waals surface area contributed by atoms with Gasteiger partial charge in [-0.2, -0.15) is 0 Å². The van der Waals surface area contributed by atoms with Crippen molar-refractivity contribution in [1.29, 1.82) is 0 Å². The van der Waals surface area contributed by atoms with Crippen LogP contribution in [0.3, 0.4) is 0 Å². The molecule has 0 spiro atoms. The third-order valence-electron chi connectivity index (χ3n) is 3.48. The lowest BCUT2D eigenvalue weighted by atomic mass is 10.0. The summed E-state index contributed by atoms with van der Waals surface area (Å²) in [6.45, 7) is -0.0815.